The van der Waals surface area contributed by atoms with Gasteiger partial charge in [-0.1, -0.05) is 32.6 Å². The summed E-state index contributed by atoms with van der Waals surface area (Å²) in [4.78, 5) is 24.6. The summed E-state index contributed by atoms with van der Waals surface area (Å²) < 4.78 is 5.11. The second-order valence-corrected chi connectivity index (χ2v) is 5.10. The molecule has 0 N–H and O–H groups in total. The number of hydrogen-bond donors (Lipinski definition) is 0. The molecule has 0 atom stereocenters. The zero-order valence-electron chi connectivity index (χ0n) is 11.6. The number of likely N-dealkylation sites (N-methyl/N-ethyl adjacent to an activating group) is 1. The van der Waals surface area contributed by atoms with Crippen LogP contribution in [0.15, 0.2) is 0 Å². The van der Waals surface area contributed by atoms with Crippen molar-refractivity contribution in [3.63, 3.8) is 0 Å². The predicted molar refractivity (Wildman–Crippen MR) is 70.1 cm³/mol. The summed E-state index contributed by atoms with van der Waals surface area (Å²) in [6.07, 6.45) is 7.63. The Labute approximate surface area is 110 Å². The first kappa shape index (κ1) is 15.0. The number of esters is 1. The van der Waals surface area contributed by atoms with Crippen LogP contribution in [0.1, 0.15) is 51.9 Å². The summed E-state index contributed by atoms with van der Waals surface area (Å²) in [7, 11) is 1.67. The average Bonchev–Trinajstić information content (AvgIpc) is 3.16. The normalized spacial score (nSPS) is 14.3. The molecule has 1 aliphatic rings. The Kier molecular flexibility index (Phi) is 6.76. The summed E-state index contributed by atoms with van der Waals surface area (Å²) >= 11 is 0. The third kappa shape index (κ3) is 6.03. The van der Waals surface area contributed by atoms with Crippen LogP contribution in [-0.4, -0.2) is 37.0 Å². The lowest BCUT2D eigenvalue weighted by Gasteiger charge is -2.15. The van der Waals surface area contributed by atoms with Crippen LogP contribution in [-0.2, 0) is 14.3 Å². The Morgan fingerprint density at radius 2 is 1.83 bits per heavy atom. The number of nitrogens with zero attached hydrogens (tertiary/aromatic N) is 1. The van der Waals surface area contributed by atoms with Crippen molar-refractivity contribution in [2.45, 2.75) is 51.9 Å². The van der Waals surface area contributed by atoms with Crippen LogP contribution in [0.25, 0.3) is 0 Å². The van der Waals surface area contributed by atoms with E-state index in [1.54, 1.807) is 7.05 Å². The van der Waals surface area contributed by atoms with Gasteiger partial charge in [0.05, 0.1) is 6.61 Å². The largest absolute Gasteiger partial charge is 0.464 e. The van der Waals surface area contributed by atoms with E-state index in [9.17, 15) is 9.59 Å². The van der Waals surface area contributed by atoms with Gasteiger partial charge in [-0.2, -0.15) is 0 Å². The first-order valence-corrected chi connectivity index (χ1v) is 7.05. The van der Waals surface area contributed by atoms with Crippen molar-refractivity contribution in [2.24, 2.45) is 5.92 Å². The van der Waals surface area contributed by atoms with Gasteiger partial charge in [-0.05, 0) is 19.3 Å². The van der Waals surface area contributed by atoms with Gasteiger partial charge in [-0.3, -0.25) is 9.59 Å². The van der Waals surface area contributed by atoms with Gasteiger partial charge in [0.2, 0.25) is 5.91 Å². The highest BCUT2D eigenvalue weighted by molar-refractivity contribution is 5.84. The maximum absolute atomic E-state index is 11.6. The van der Waals surface area contributed by atoms with Gasteiger partial charge >= 0.3 is 5.97 Å². The van der Waals surface area contributed by atoms with E-state index in [4.69, 9.17) is 4.74 Å². The molecule has 0 heterocycles. The minimum Gasteiger partial charge on any atom is -0.464 e. The lowest BCUT2D eigenvalue weighted by Crippen LogP contribution is -2.34. The molecular formula is C14H25NO3. The zero-order valence-corrected chi connectivity index (χ0v) is 11.6. The van der Waals surface area contributed by atoms with Crippen molar-refractivity contribution in [2.75, 3.05) is 20.2 Å². The van der Waals surface area contributed by atoms with Gasteiger partial charge in [0, 0.05) is 13.0 Å². The molecule has 0 bridgehead atoms. The maximum Gasteiger partial charge on any atom is 0.325 e. The minimum atomic E-state index is -0.290. The molecule has 0 aromatic carbocycles. The van der Waals surface area contributed by atoms with Crippen LogP contribution in [0.5, 0.6) is 0 Å². The van der Waals surface area contributed by atoms with Crippen LogP contribution < -0.4 is 0 Å². The summed E-state index contributed by atoms with van der Waals surface area (Å²) in [5, 5.41) is 0. The molecular weight excluding hydrogens is 230 g/mol. The fourth-order valence-corrected chi connectivity index (χ4v) is 1.85. The smallest absolute Gasteiger partial charge is 0.325 e. The van der Waals surface area contributed by atoms with E-state index in [1.807, 2.05) is 0 Å². The first-order chi connectivity index (χ1) is 8.65. The standard InChI is InChI=1S/C14H25NO3/c1-3-4-5-6-7-10-18-13(16)11-15(2)14(17)12-8-9-12/h12H,3-11H2,1-2H3. The van der Waals surface area contributed by atoms with E-state index in [-0.39, 0.29) is 24.3 Å². The SMILES string of the molecule is CCCCCCCOC(=O)CN(C)C(=O)C1CC1. The lowest BCUT2D eigenvalue weighted by atomic mass is 10.2. The Bertz CT molecular complexity index is 274. The van der Waals surface area contributed by atoms with E-state index >= 15 is 0 Å². The van der Waals surface area contributed by atoms with Crippen molar-refractivity contribution >= 4 is 11.9 Å². The van der Waals surface area contributed by atoms with E-state index in [2.05, 4.69) is 6.92 Å². The van der Waals surface area contributed by atoms with Gasteiger partial charge in [0.1, 0.15) is 6.54 Å². The monoisotopic (exact) mass is 255 g/mol. The molecule has 0 spiro atoms. The first-order valence-electron chi connectivity index (χ1n) is 7.05. The van der Waals surface area contributed by atoms with Crippen molar-refractivity contribution in [1.82, 2.24) is 4.90 Å². The van der Waals surface area contributed by atoms with E-state index in [0.29, 0.717) is 6.61 Å². The van der Waals surface area contributed by atoms with Crippen molar-refractivity contribution in [3.05, 3.63) is 0 Å². The van der Waals surface area contributed by atoms with Gasteiger partial charge in [0.25, 0.3) is 0 Å². The second kappa shape index (κ2) is 8.11. The Morgan fingerprint density at radius 1 is 1.17 bits per heavy atom. The molecule has 1 saturated carbocycles. The minimum absolute atomic E-state index is 0.0786. The molecule has 1 aliphatic carbocycles. The number of ether oxygens (including phenoxy) is 1. The van der Waals surface area contributed by atoms with Crippen molar-refractivity contribution in [1.29, 1.82) is 0 Å². The summed E-state index contributed by atoms with van der Waals surface area (Å²) in [6.45, 7) is 2.74. The van der Waals surface area contributed by atoms with Crippen molar-refractivity contribution in [3.8, 4) is 0 Å². The van der Waals surface area contributed by atoms with Crippen molar-refractivity contribution < 1.29 is 14.3 Å². The van der Waals surface area contributed by atoms with Gasteiger partial charge in [-0.15, -0.1) is 0 Å². The molecule has 1 fully saturated rings. The fraction of sp³-hybridized carbons (Fsp3) is 0.857. The third-order valence-corrected chi connectivity index (χ3v) is 3.18. The van der Waals surface area contributed by atoms with E-state index in [0.717, 1.165) is 25.7 Å². The fourth-order valence-electron chi connectivity index (χ4n) is 1.85. The molecule has 4 nitrogen and oxygen atoms in total. The molecule has 0 saturated heterocycles. The highest BCUT2D eigenvalue weighted by Gasteiger charge is 2.32. The number of carbonyl (C=O) groups is 2. The Morgan fingerprint density at radius 3 is 2.44 bits per heavy atom. The van der Waals surface area contributed by atoms with Gasteiger partial charge in [0.15, 0.2) is 0 Å². The molecule has 1 amide bonds. The zero-order chi connectivity index (χ0) is 13.4. The molecule has 0 aromatic heterocycles. The Hall–Kier alpha value is -1.06. The molecule has 0 aromatic rings. The molecule has 104 valence electrons. The second-order valence-electron chi connectivity index (χ2n) is 5.10. The molecule has 18 heavy (non-hydrogen) atoms. The topological polar surface area (TPSA) is 46.6 Å². The molecule has 0 aliphatic heterocycles. The van der Waals surface area contributed by atoms with Crippen LogP contribution in [0, 0.1) is 5.92 Å². The van der Waals surface area contributed by atoms with Gasteiger partial charge < -0.3 is 9.64 Å². The highest BCUT2D eigenvalue weighted by atomic mass is 16.5. The van der Waals surface area contributed by atoms with E-state index in [1.165, 1.54) is 24.2 Å². The van der Waals surface area contributed by atoms with Crippen LogP contribution in [0.3, 0.4) is 0 Å². The number of amides is 1. The summed E-state index contributed by atoms with van der Waals surface area (Å²) in [5.74, 6) is -0.0475. The van der Waals surface area contributed by atoms with E-state index < -0.39 is 0 Å². The van der Waals surface area contributed by atoms with Crippen LogP contribution in [0.4, 0.5) is 0 Å². The Balaban J connectivity index is 2.00. The predicted octanol–water partition coefficient (Wildman–Crippen LogP) is 2.37. The number of rotatable bonds is 9. The molecule has 1 rings (SSSR count). The van der Waals surface area contributed by atoms with Crippen LogP contribution >= 0.6 is 0 Å². The third-order valence-electron chi connectivity index (χ3n) is 3.18. The summed E-state index contributed by atoms with van der Waals surface area (Å²) in [6, 6.07) is 0. The highest BCUT2D eigenvalue weighted by Crippen LogP contribution is 2.30. The summed E-state index contributed by atoms with van der Waals surface area (Å²) in [5.41, 5.74) is 0. The number of unbranched alkanes of at least 4 members (excludes halogenated alkanes) is 4. The maximum atomic E-state index is 11.6. The number of carbonyl (C=O) groups excluding carboxylic acids is 2. The molecule has 0 radical (unpaired) electrons. The van der Waals surface area contributed by atoms with Crippen LogP contribution in [0.2, 0.25) is 0 Å². The number of hydrogen-bond acceptors (Lipinski definition) is 3. The van der Waals surface area contributed by atoms with Gasteiger partial charge in [-0.25, -0.2) is 0 Å². The average molecular weight is 255 g/mol. The molecule has 4 heteroatoms. The quantitative estimate of drug-likeness (QED) is 0.469. The lowest BCUT2D eigenvalue weighted by molar-refractivity contribution is -0.149. The molecule has 0 unspecified atom stereocenters.